The van der Waals surface area contributed by atoms with Crippen molar-refractivity contribution in [3.8, 4) is 11.5 Å². The molecule has 154 valence electrons. The van der Waals surface area contributed by atoms with E-state index >= 15 is 0 Å². The van der Waals surface area contributed by atoms with Crippen LogP contribution in [-0.4, -0.2) is 25.0 Å². The largest absolute Gasteiger partial charge is 0.497 e. The van der Waals surface area contributed by atoms with E-state index in [0.717, 1.165) is 29.7 Å². The van der Waals surface area contributed by atoms with Crippen molar-refractivity contribution in [2.45, 2.75) is 38.8 Å². The second-order valence-electron chi connectivity index (χ2n) is 7.77. The number of methoxy groups -OCH3 is 2. The van der Waals surface area contributed by atoms with Crippen LogP contribution in [0.15, 0.2) is 55.1 Å². The van der Waals surface area contributed by atoms with Crippen LogP contribution >= 0.6 is 11.6 Å². The summed E-state index contributed by atoms with van der Waals surface area (Å²) in [6.07, 6.45) is 4.21. The average molecular weight is 414 g/mol. The number of rotatable bonds is 7. The molecule has 1 aliphatic rings. The fraction of sp³-hybridized carbons (Fsp3) is 0.375. The van der Waals surface area contributed by atoms with E-state index in [4.69, 9.17) is 21.1 Å². The number of benzene rings is 2. The number of amides is 1. The van der Waals surface area contributed by atoms with Crippen molar-refractivity contribution < 1.29 is 14.3 Å². The molecular formula is C24H28ClNO3. The van der Waals surface area contributed by atoms with Crippen molar-refractivity contribution >= 4 is 17.5 Å². The van der Waals surface area contributed by atoms with Gasteiger partial charge in [0.1, 0.15) is 11.5 Å². The Balaban J connectivity index is 1.99. The van der Waals surface area contributed by atoms with Gasteiger partial charge in [-0.2, -0.15) is 0 Å². The third-order valence-corrected chi connectivity index (χ3v) is 6.06. The third kappa shape index (κ3) is 4.43. The van der Waals surface area contributed by atoms with E-state index in [-0.39, 0.29) is 11.9 Å². The minimum Gasteiger partial charge on any atom is -0.497 e. The normalized spacial score (nSPS) is 21.7. The number of allylic oxidation sites excluding steroid dienone is 1. The summed E-state index contributed by atoms with van der Waals surface area (Å²) in [6.45, 7) is 6.36. The Labute approximate surface area is 178 Å². The van der Waals surface area contributed by atoms with Crippen LogP contribution in [0.25, 0.3) is 0 Å². The second kappa shape index (κ2) is 8.91. The predicted octanol–water partition coefficient (Wildman–Crippen LogP) is 5.80. The van der Waals surface area contributed by atoms with Gasteiger partial charge < -0.3 is 14.4 Å². The first-order valence-corrected chi connectivity index (χ1v) is 10.2. The molecule has 1 aliphatic heterocycles. The van der Waals surface area contributed by atoms with Crippen LogP contribution in [0.1, 0.15) is 43.4 Å². The number of piperidine rings is 1. The molecule has 2 atom stereocenters. The van der Waals surface area contributed by atoms with E-state index in [1.54, 1.807) is 14.2 Å². The van der Waals surface area contributed by atoms with Gasteiger partial charge in [0.15, 0.2) is 0 Å². The highest BCUT2D eigenvalue weighted by molar-refractivity contribution is 6.30. The van der Waals surface area contributed by atoms with Crippen molar-refractivity contribution in [2.75, 3.05) is 14.2 Å². The number of hydrogen-bond donors (Lipinski definition) is 0. The molecule has 0 aromatic heterocycles. The molecule has 0 spiro atoms. The van der Waals surface area contributed by atoms with E-state index in [0.29, 0.717) is 23.7 Å². The first-order valence-electron chi connectivity index (χ1n) is 9.80. The smallest absolute Gasteiger partial charge is 0.229 e. The van der Waals surface area contributed by atoms with Crippen molar-refractivity contribution in [1.29, 1.82) is 0 Å². The Morgan fingerprint density at radius 1 is 1.21 bits per heavy atom. The van der Waals surface area contributed by atoms with E-state index in [1.165, 1.54) is 0 Å². The van der Waals surface area contributed by atoms with Gasteiger partial charge in [0.2, 0.25) is 5.91 Å². The zero-order chi connectivity index (χ0) is 21.0. The molecule has 3 rings (SSSR count). The first kappa shape index (κ1) is 21.3. The molecule has 0 saturated carbocycles. The zero-order valence-corrected chi connectivity index (χ0v) is 18.0. The molecule has 2 aromatic rings. The quantitative estimate of drug-likeness (QED) is 0.538. The molecule has 0 bridgehead atoms. The summed E-state index contributed by atoms with van der Waals surface area (Å²) in [5.74, 6) is 1.57. The molecule has 0 radical (unpaired) electrons. The number of hydrogen-bond acceptors (Lipinski definition) is 3. The van der Waals surface area contributed by atoms with E-state index in [9.17, 15) is 4.79 Å². The number of carbonyl (C=O) groups excluding carboxylic acids is 1. The van der Waals surface area contributed by atoms with E-state index < -0.39 is 5.41 Å². The van der Waals surface area contributed by atoms with Gasteiger partial charge in [0.25, 0.3) is 0 Å². The standard InChI is InChI=1S/C24H28ClNO3/c1-5-13-24(2)14-12-21(17-6-9-19(25)10-7-17)26(23(24)27)16-18-8-11-20(28-3)15-22(18)29-4/h5-11,15,21H,1,12-14,16H2,2-4H3/t21?,24-/m0/s1. The maximum atomic E-state index is 13.6. The maximum Gasteiger partial charge on any atom is 0.229 e. The second-order valence-corrected chi connectivity index (χ2v) is 8.21. The molecule has 1 saturated heterocycles. The van der Waals surface area contributed by atoms with Crippen molar-refractivity contribution in [2.24, 2.45) is 5.41 Å². The fourth-order valence-electron chi connectivity index (χ4n) is 4.09. The lowest BCUT2D eigenvalue weighted by Gasteiger charge is -2.44. The van der Waals surface area contributed by atoms with Gasteiger partial charge in [0, 0.05) is 23.2 Å². The van der Waals surface area contributed by atoms with Crippen LogP contribution in [0.3, 0.4) is 0 Å². The lowest BCUT2D eigenvalue weighted by atomic mass is 9.74. The number of carbonyl (C=O) groups is 1. The molecule has 1 fully saturated rings. The summed E-state index contributed by atoms with van der Waals surface area (Å²) >= 11 is 6.08. The fourth-order valence-corrected chi connectivity index (χ4v) is 4.22. The Hall–Kier alpha value is -2.46. The highest BCUT2D eigenvalue weighted by Crippen LogP contribution is 2.44. The molecule has 0 aliphatic carbocycles. The summed E-state index contributed by atoms with van der Waals surface area (Å²) in [4.78, 5) is 15.6. The van der Waals surface area contributed by atoms with Gasteiger partial charge in [-0.1, -0.05) is 36.7 Å². The minimum atomic E-state index is -0.440. The number of nitrogens with zero attached hydrogens (tertiary/aromatic N) is 1. The maximum absolute atomic E-state index is 13.6. The number of halogens is 1. The van der Waals surface area contributed by atoms with Crippen molar-refractivity contribution in [3.05, 3.63) is 71.3 Å². The van der Waals surface area contributed by atoms with Crippen molar-refractivity contribution in [1.82, 2.24) is 4.90 Å². The van der Waals surface area contributed by atoms with E-state index in [1.807, 2.05) is 60.4 Å². The van der Waals surface area contributed by atoms with Gasteiger partial charge in [0.05, 0.1) is 25.7 Å². The summed E-state index contributed by atoms with van der Waals surface area (Å²) in [5.41, 5.74) is 1.60. The lowest BCUT2D eigenvalue weighted by Crippen LogP contribution is -2.48. The highest BCUT2D eigenvalue weighted by Gasteiger charge is 2.43. The van der Waals surface area contributed by atoms with Gasteiger partial charge in [-0.3, -0.25) is 4.79 Å². The van der Waals surface area contributed by atoms with Crippen LogP contribution in [0, 0.1) is 5.41 Å². The van der Waals surface area contributed by atoms with Crippen LogP contribution in [0.5, 0.6) is 11.5 Å². The Morgan fingerprint density at radius 2 is 1.93 bits per heavy atom. The topological polar surface area (TPSA) is 38.8 Å². The number of ether oxygens (including phenoxy) is 2. The molecule has 1 unspecified atom stereocenters. The average Bonchev–Trinajstić information content (AvgIpc) is 2.73. The van der Waals surface area contributed by atoms with Crippen LogP contribution in [0.4, 0.5) is 0 Å². The molecule has 29 heavy (non-hydrogen) atoms. The Morgan fingerprint density at radius 3 is 2.55 bits per heavy atom. The monoisotopic (exact) mass is 413 g/mol. The van der Waals surface area contributed by atoms with Crippen LogP contribution in [-0.2, 0) is 11.3 Å². The van der Waals surface area contributed by atoms with Gasteiger partial charge in [-0.15, -0.1) is 6.58 Å². The first-order chi connectivity index (χ1) is 13.9. The van der Waals surface area contributed by atoms with Gasteiger partial charge in [-0.25, -0.2) is 0 Å². The molecule has 4 nitrogen and oxygen atoms in total. The summed E-state index contributed by atoms with van der Waals surface area (Å²) in [6, 6.07) is 13.5. The summed E-state index contributed by atoms with van der Waals surface area (Å²) in [5, 5.41) is 0.691. The van der Waals surface area contributed by atoms with Crippen LogP contribution in [0.2, 0.25) is 5.02 Å². The zero-order valence-electron chi connectivity index (χ0n) is 17.3. The van der Waals surface area contributed by atoms with Crippen molar-refractivity contribution in [3.63, 3.8) is 0 Å². The van der Waals surface area contributed by atoms with E-state index in [2.05, 4.69) is 6.58 Å². The van der Waals surface area contributed by atoms with Gasteiger partial charge >= 0.3 is 0 Å². The molecule has 0 N–H and O–H groups in total. The summed E-state index contributed by atoms with van der Waals surface area (Å²) < 4.78 is 10.9. The van der Waals surface area contributed by atoms with Gasteiger partial charge in [-0.05, 0) is 49.1 Å². The molecular weight excluding hydrogens is 386 g/mol. The molecule has 1 heterocycles. The molecule has 2 aromatic carbocycles. The Kier molecular flexibility index (Phi) is 6.53. The highest BCUT2D eigenvalue weighted by atomic mass is 35.5. The third-order valence-electron chi connectivity index (χ3n) is 5.81. The van der Waals surface area contributed by atoms with Crippen LogP contribution < -0.4 is 9.47 Å². The number of likely N-dealkylation sites (tertiary alicyclic amines) is 1. The summed E-state index contributed by atoms with van der Waals surface area (Å²) in [7, 11) is 3.26. The molecule has 5 heteroatoms. The Bertz CT molecular complexity index is 880. The predicted molar refractivity (Wildman–Crippen MR) is 116 cm³/mol. The SMILES string of the molecule is C=CC[C@@]1(C)CCC(c2ccc(Cl)cc2)N(Cc2ccc(OC)cc2OC)C1=O. The molecule has 1 amide bonds. The lowest BCUT2D eigenvalue weighted by molar-refractivity contribution is -0.150. The minimum absolute atomic E-state index is 0.00975.